The highest BCUT2D eigenvalue weighted by molar-refractivity contribution is 6.31. The predicted molar refractivity (Wildman–Crippen MR) is 172 cm³/mol. The Hall–Kier alpha value is -2.47. The number of alkyl halides is 6. The fourth-order valence-corrected chi connectivity index (χ4v) is 12.6. The van der Waals surface area contributed by atoms with Gasteiger partial charge in [0.15, 0.2) is 0 Å². The van der Waals surface area contributed by atoms with Crippen molar-refractivity contribution in [2.75, 3.05) is 0 Å². The molecule has 3 aromatic carbocycles. The third-order valence-electron chi connectivity index (χ3n) is 13.4. The molecule has 0 unspecified atom stereocenters. The summed E-state index contributed by atoms with van der Waals surface area (Å²) in [7, 11) is 0. The first kappa shape index (κ1) is 30.6. The van der Waals surface area contributed by atoms with Gasteiger partial charge in [0, 0.05) is 5.02 Å². The highest BCUT2D eigenvalue weighted by atomic mass is 35.5. The van der Waals surface area contributed by atoms with Gasteiger partial charge in [-0.1, -0.05) is 29.8 Å². The molecule has 7 heteroatoms. The summed E-state index contributed by atoms with van der Waals surface area (Å²) >= 11 is 6.66. The van der Waals surface area contributed by atoms with E-state index < -0.39 is 23.5 Å². The Bertz CT molecular complexity index is 1580. The van der Waals surface area contributed by atoms with Gasteiger partial charge in [0.2, 0.25) is 0 Å². The van der Waals surface area contributed by atoms with E-state index in [0.717, 1.165) is 58.8 Å². The van der Waals surface area contributed by atoms with Crippen LogP contribution in [0, 0.1) is 35.5 Å². The van der Waals surface area contributed by atoms with Crippen LogP contribution in [-0.2, 0) is 23.2 Å². The first-order valence-electron chi connectivity index (χ1n) is 17.5. The Labute approximate surface area is 277 Å². The molecular formula is C40H39ClF6. The Morgan fingerprint density at radius 2 is 0.745 bits per heavy atom. The molecule has 0 nitrogen and oxygen atoms in total. The molecule has 0 N–H and O–H groups in total. The van der Waals surface area contributed by atoms with E-state index in [2.05, 4.69) is 18.2 Å². The minimum atomic E-state index is -4.92. The van der Waals surface area contributed by atoms with Crippen molar-refractivity contribution in [2.45, 2.75) is 100 Å². The van der Waals surface area contributed by atoms with Crippen LogP contribution < -0.4 is 0 Å². The average Bonchev–Trinajstić information content (AvgIpc) is 2.98. The molecule has 11 rings (SSSR count). The van der Waals surface area contributed by atoms with Crippen LogP contribution in [0.4, 0.5) is 26.3 Å². The normalized spacial score (nSPS) is 35.6. The Kier molecular flexibility index (Phi) is 6.69. The van der Waals surface area contributed by atoms with Gasteiger partial charge < -0.3 is 0 Å². The summed E-state index contributed by atoms with van der Waals surface area (Å²) in [4.78, 5) is 0. The maximum absolute atomic E-state index is 13.8. The van der Waals surface area contributed by atoms with Gasteiger partial charge in [-0.2, -0.15) is 26.3 Å². The standard InChI is InChI=1S/C40H39ClF6/c41-36-12-28(7-29(13-36)31-10-34(39(42,43)44)15-35(11-31)40(45,46)47)30-8-32(37-16-22-1-23(17-37)3-24(2-22)18-37)14-33(9-30)38-19-25-4-26(20-38)6-27(5-25)21-38/h7-15,22-27H,1-6,16-21H2. The van der Waals surface area contributed by atoms with Gasteiger partial charge >= 0.3 is 12.4 Å². The van der Waals surface area contributed by atoms with Gasteiger partial charge in [0.1, 0.15) is 0 Å². The van der Waals surface area contributed by atoms with Crippen LogP contribution >= 0.6 is 11.6 Å². The van der Waals surface area contributed by atoms with E-state index in [1.165, 1.54) is 94.2 Å². The SMILES string of the molecule is FC(F)(F)c1cc(-c2cc(Cl)cc(-c3cc(C45CC6CC(CC(C6)C4)C5)cc(C45CC6CC(CC(C6)C4)C5)c3)c2)cc(C(F)(F)F)c1. The Morgan fingerprint density at radius 3 is 1.09 bits per heavy atom. The van der Waals surface area contributed by atoms with Crippen molar-refractivity contribution in [2.24, 2.45) is 35.5 Å². The molecule has 0 saturated heterocycles. The van der Waals surface area contributed by atoms with Crippen molar-refractivity contribution in [1.82, 2.24) is 0 Å². The zero-order valence-corrected chi connectivity index (χ0v) is 27.0. The lowest BCUT2D eigenvalue weighted by Crippen LogP contribution is -2.50. The molecule has 0 heterocycles. The summed E-state index contributed by atoms with van der Waals surface area (Å²) in [5, 5.41) is 0.292. The molecule has 8 bridgehead atoms. The molecule has 47 heavy (non-hydrogen) atoms. The highest BCUT2D eigenvalue weighted by Gasteiger charge is 2.54. The van der Waals surface area contributed by atoms with E-state index in [-0.39, 0.29) is 28.0 Å². The van der Waals surface area contributed by atoms with Crippen molar-refractivity contribution in [1.29, 1.82) is 0 Å². The highest BCUT2D eigenvalue weighted by Crippen LogP contribution is 2.64. The molecule has 8 saturated carbocycles. The molecule has 3 aromatic rings. The molecule has 0 atom stereocenters. The summed E-state index contributed by atoms with van der Waals surface area (Å²) in [5.74, 6) is 4.64. The van der Waals surface area contributed by atoms with Crippen molar-refractivity contribution >= 4 is 11.6 Å². The van der Waals surface area contributed by atoms with Crippen molar-refractivity contribution in [3.8, 4) is 22.3 Å². The van der Waals surface area contributed by atoms with E-state index in [1.807, 2.05) is 6.07 Å². The second-order valence-electron chi connectivity index (χ2n) is 16.7. The maximum atomic E-state index is 13.8. The van der Waals surface area contributed by atoms with Gasteiger partial charge in [-0.3, -0.25) is 0 Å². The zero-order valence-electron chi connectivity index (χ0n) is 26.3. The second-order valence-corrected chi connectivity index (χ2v) is 17.2. The zero-order chi connectivity index (χ0) is 32.5. The third-order valence-corrected chi connectivity index (χ3v) is 13.6. The molecule has 0 aromatic heterocycles. The van der Waals surface area contributed by atoms with Gasteiger partial charge in [-0.05, 0) is 193 Å². The van der Waals surface area contributed by atoms with E-state index in [9.17, 15) is 26.3 Å². The van der Waals surface area contributed by atoms with Crippen LogP contribution in [0.3, 0.4) is 0 Å². The third kappa shape index (κ3) is 5.25. The first-order valence-corrected chi connectivity index (χ1v) is 17.9. The molecule has 8 aliphatic carbocycles. The lowest BCUT2D eigenvalue weighted by atomic mass is 9.46. The Balaban J connectivity index is 1.20. The lowest BCUT2D eigenvalue weighted by Gasteiger charge is -2.58. The molecule has 0 radical (unpaired) electrons. The van der Waals surface area contributed by atoms with Crippen LogP contribution in [0.5, 0.6) is 0 Å². The van der Waals surface area contributed by atoms with Gasteiger partial charge in [-0.25, -0.2) is 0 Å². The monoisotopic (exact) mass is 668 g/mol. The quantitative estimate of drug-likeness (QED) is 0.243. The molecular weight excluding hydrogens is 630 g/mol. The van der Waals surface area contributed by atoms with E-state index in [0.29, 0.717) is 5.02 Å². The van der Waals surface area contributed by atoms with Crippen LogP contribution in [0.15, 0.2) is 54.6 Å². The fraction of sp³-hybridized carbons (Fsp3) is 0.550. The van der Waals surface area contributed by atoms with Crippen molar-refractivity contribution in [3.63, 3.8) is 0 Å². The average molecular weight is 669 g/mol. The van der Waals surface area contributed by atoms with Crippen LogP contribution in [0.1, 0.15) is 99.3 Å². The van der Waals surface area contributed by atoms with Crippen LogP contribution in [-0.4, -0.2) is 0 Å². The van der Waals surface area contributed by atoms with E-state index in [4.69, 9.17) is 11.6 Å². The summed E-state index contributed by atoms with van der Waals surface area (Å²) < 4.78 is 82.7. The molecule has 8 fully saturated rings. The molecule has 0 aliphatic heterocycles. The molecule has 248 valence electrons. The first-order chi connectivity index (χ1) is 22.2. The lowest BCUT2D eigenvalue weighted by molar-refractivity contribution is -0.143. The number of rotatable bonds is 4. The summed E-state index contributed by atoms with van der Waals surface area (Å²) in [6.45, 7) is 0. The maximum Gasteiger partial charge on any atom is 0.416 e. The van der Waals surface area contributed by atoms with Crippen molar-refractivity contribution in [3.05, 3.63) is 81.9 Å². The van der Waals surface area contributed by atoms with E-state index in [1.54, 1.807) is 6.07 Å². The number of hydrogen-bond acceptors (Lipinski definition) is 0. The summed E-state index contributed by atoms with van der Waals surface area (Å²) in [6, 6.07) is 14.0. The topological polar surface area (TPSA) is 0 Å². The fourth-order valence-electron chi connectivity index (χ4n) is 12.4. The number of halogens is 7. The largest absolute Gasteiger partial charge is 0.416 e. The van der Waals surface area contributed by atoms with Gasteiger partial charge in [-0.15, -0.1) is 0 Å². The Morgan fingerprint density at radius 1 is 0.426 bits per heavy atom. The summed E-state index contributed by atoms with van der Waals surface area (Å²) in [6.07, 6.45) is 5.51. The van der Waals surface area contributed by atoms with Crippen molar-refractivity contribution < 1.29 is 26.3 Å². The molecule has 0 amide bonds. The van der Waals surface area contributed by atoms with E-state index >= 15 is 0 Å². The second kappa shape index (κ2) is 10.3. The van der Waals surface area contributed by atoms with Crippen LogP contribution in [0.2, 0.25) is 5.02 Å². The predicted octanol–water partition coefficient (Wildman–Crippen LogP) is 12.6. The number of benzene rings is 3. The number of hydrogen-bond donors (Lipinski definition) is 0. The summed E-state index contributed by atoms with van der Waals surface area (Å²) in [5.41, 5.74) is 2.28. The minimum Gasteiger partial charge on any atom is -0.166 e. The van der Waals surface area contributed by atoms with Crippen LogP contribution in [0.25, 0.3) is 22.3 Å². The van der Waals surface area contributed by atoms with Gasteiger partial charge in [0.25, 0.3) is 0 Å². The molecule has 0 spiro atoms. The van der Waals surface area contributed by atoms with Gasteiger partial charge in [0.05, 0.1) is 11.1 Å². The smallest absolute Gasteiger partial charge is 0.166 e. The molecule has 8 aliphatic rings. The minimum absolute atomic E-state index is 0.144.